The number of aromatic nitrogens is 3. The monoisotopic (exact) mass is 390 g/mol. The van der Waals surface area contributed by atoms with E-state index in [1.165, 1.54) is 34.4 Å². The lowest BCUT2D eigenvalue weighted by Gasteiger charge is -2.21. The van der Waals surface area contributed by atoms with Gasteiger partial charge < -0.3 is 15.7 Å². The predicted molar refractivity (Wildman–Crippen MR) is 98.1 cm³/mol. The number of rotatable bonds is 7. The maximum Gasteiger partial charge on any atom is 0.414 e. The van der Waals surface area contributed by atoms with Gasteiger partial charge in [0.05, 0.1) is 42.6 Å². The highest BCUT2D eigenvalue weighted by atomic mass is 19.1. The fourth-order valence-electron chi connectivity index (χ4n) is 2.73. The van der Waals surface area contributed by atoms with Crippen molar-refractivity contribution in [2.24, 2.45) is 10.9 Å². The molecule has 28 heavy (non-hydrogen) atoms. The third-order valence-electron chi connectivity index (χ3n) is 3.97. The summed E-state index contributed by atoms with van der Waals surface area (Å²) >= 11 is 0. The van der Waals surface area contributed by atoms with Crippen LogP contribution in [0.5, 0.6) is 0 Å². The maximum absolute atomic E-state index is 14.7. The maximum atomic E-state index is 14.7. The normalized spacial score (nSPS) is 17.4. The summed E-state index contributed by atoms with van der Waals surface area (Å²) in [5.41, 5.74) is 9.00. The number of halogens is 1. The highest BCUT2D eigenvalue weighted by Crippen LogP contribution is 2.28. The van der Waals surface area contributed by atoms with E-state index < -0.39 is 18.0 Å². The van der Waals surface area contributed by atoms with Gasteiger partial charge in [-0.3, -0.25) is 9.91 Å². The lowest BCUT2D eigenvalue weighted by atomic mass is 10.2. The molecule has 0 spiro atoms. The van der Waals surface area contributed by atoms with Gasteiger partial charge in [0.1, 0.15) is 11.9 Å². The van der Waals surface area contributed by atoms with Crippen LogP contribution in [0.1, 0.15) is 0 Å². The Balaban J connectivity index is 1.76. The van der Waals surface area contributed by atoms with Crippen molar-refractivity contribution in [1.82, 2.24) is 20.4 Å². The Morgan fingerprint density at radius 1 is 1.61 bits per heavy atom. The van der Waals surface area contributed by atoms with E-state index in [-0.39, 0.29) is 17.9 Å². The first-order chi connectivity index (χ1) is 13.5. The minimum Gasteiger partial charge on any atom is -0.442 e. The fourth-order valence-corrected chi connectivity index (χ4v) is 2.73. The Kier molecular flexibility index (Phi) is 5.69. The molecule has 2 aromatic rings. The van der Waals surface area contributed by atoms with Crippen LogP contribution in [0, 0.1) is 5.82 Å². The van der Waals surface area contributed by atoms with Crippen molar-refractivity contribution in [3.8, 4) is 0 Å². The van der Waals surface area contributed by atoms with Gasteiger partial charge in [0.15, 0.2) is 0 Å². The molecule has 1 aromatic carbocycles. The summed E-state index contributed by atoms with van der Waals surface area (Å²) in [4.78, 5) is 13.5. The summed E-state index contributed by atoms with van der Waals surface area (Å²) in [7, 11) is 1.57. The molecule has 1 aliphatic heterocycles. The standard InChI is InChI=1S/C16H19FN8O3/c1-19-25(8-11(18)7-21-27)15-3-2-12(6-14(15)17)24-10-13(28-16(24)26)9-23-5-4-20-22-23/h2-8,13,19,27H,9-10,18H2,1H3/b11-8-,21-7+/t13-/m0/s1. The molecule has 11 nitrogen and oxygen atoms in total. The zero-order valence-electron chi connectivity index (χ0n) is 14.9. The third kappa shape index (κ3) is 4.17. The molecule has 1 atom stereocenters. The Morgan fingerprint density at radius 3 is 3.07 bits per heavy atom. The van der Waals surface area contributed by atoms with Gasteiger partial charge in [-0.1, -0.05) is 10.4 Å². The van der Waals surface area contributed by atoms with Gasteiger partial charge in [-0.25, -0.2) is 19.3 Å². The number of benzene rings is 1. The summed E-state index contributed by atoms with van der Waals surface area (Å²) in [5.74, 6) is -0.593. The lowest BCUT2D eigenvalue weighted by molar-refractivity contribution is 0.129. The predicted octanol–water partition coefficient (Wildman–Crippen LogP) is 0.643. The number of amides is 1. The quantitative estimate of drug-likeness (QED) is 0.356. The first-order valence-electron chi connectivity index (χ1n) is 8.25. The van der Waals surface area contributed by atoms with E-state index in [4.69, 9.17) is 15.7 Å². The molecule has 1 fully saturated rings. The first-order valence-corrected chi connectivity index (χ1v) is 8.25. The molecule has 0 unspecified atom stereocenters. The van der Waals surface area contributed by atoms with Crippen LogP contribution in [0.25, 0.3) is 0 Å². The minimum atomic E-state index is -0.593. The third-order valence-corrected chi connectivity index (χ3v) is 3.97. The van der Waals surface area contributed by atoms with Crippen LogP contribution >= 0.6 is 0 Å². The van der Waals surface area contributed by atoms with Crippen molar-refractivity contribution in [3.63, 3.8) is 0 Å². The largest absolute Gasteiger partial charge is 0.442 e. The van der Waals surface area contributed by atoms with E-state index in [0.717, 1.165) is 6.21 Å². The second-order valence-electron chi connectivity index (χ2n) is 5.84. The van der Waals surface area contributed by atoms with Crippen LogP contribution in [0.3, 0.4) is 0 Å². The number of hydrogen-bond acceptors (Lipinski definition) is 9. The number of carbonyl (C=O) groups is 1. The Morgan fingerprint density at radius 2 is 2.43 bits per heavy atom. The number of carbonyl (C=O) groups excluding carboxylic acids is 1. The van der Waals surface area contributed by atoms with E-state index in [1.807, 2.05) is 0 Å². The highest BCUT2D eigenvalue weighted by molar-refractivity contribution is 5.90. The number of ether oxygens (including phenoxy) is 1. The van der Waals surface area contributed by atoms with Crippen LogP contribution < -0.4 is 21.1 Å². The second kappa shape index (κ2) is 8.35. The number of nitrogens with zero attached hydrogens (tertiary/aromatic N) is 6. The molecule has 1 saturated heterocycles. The van der Waals surface area contributed by atoms with E-state index in [0.29, 0.717) is 12.2 Å². The van der Waals surface area contributed by atoms with Crippen LogP contribution in [0.2, 0.25) is 0 Å². The van der Waals surface area contributed by atoms with Crippen molar-refractivity contribution >= 4 is 23.7 Å². The number of cyclic esters (lactones) is 1. The van der Waals surface area contributed by atoms with E-state index >= 15 is 0 Å². The molecular weight excluding hydrogens is 371 g/mol. The number of hydrazine groups is 1. The second-order valence-corrected chi connectivity index (χ2v) is 5.84. The topological polar surface area (TPSA) is 134 Å². The minimum absolute atomic E-state index is 0.0967. The lowest BCUT2D eigenvalue weighted by Crippen LogP contribution is -2.32. The summed E-state index contributed by atoms with van der Waals surface area (Å²) < 4.78 is 21.5. The SMILES string of the molecule is CNN(/C=C(N)/C=N/O)c1ccc(N2C[C@H](Cn3ccnn3)OC2=O)cc1F. The van der Waals surface area contributed by atoms with E-state index in [1.54, 1.807) is 24.0 Å². The molecule has 1 aliphatic rings. The summed E-state index contributed by atoms with van der Waals surface area (Å²) in [6.45, 7) is 0.611. The molecule has 0 aliphatic carbocycles. The molecule has 12 heteroatoms. The number of oxime groups is 1. The summed E-state index contributed by atoms with van der Waals surface area (Å²) in [6.07, 6.45) is 4.56. The van der Waals surface area contributed by atoms with Crippen molar-refractivity contribution in [3.05, 3.63) is 48.3 Å². The summed E-state index contributed by atoms with van der Waals surface area (Å²) in [5, 5.41) is 20.2. The Hall–Kier alpha value is -3.67. The Labute approximate surface area is 159 Å². The molecule has 0 radical (unpaired) electrons. The zero-order valence-corrected chi connectivity index (χ0v) is 14.9. The van der Waals surface area contributed by atoms with E-state index in [2.05, 4.69) is 20.9 Å². The van der Waals surface area contributed by atoms with Gasteiger partial charge in [-0.15, -0.1) is 5.10 Å². The number of anilines is 2. The molecule has 0 saturated carbocycles. The first kappa shape index (κ1) is 19.1. The number of allylic oxidation sites excluding steroid dienone is 1. The molecule has 3 rings (SSSR count). The number of nitrogens with one attached hydrogen (secondary N) is 1. The molecule has 0 bridgehead atoms. The average molecular weight is 390 g/mol. The highest BCUT2D eigenvalue weighted by Gasteiger charge is 2.33. The molecular formula is C16H19FN8O3. The van der Waals surface area contributed by atoms with Crippen LogP contribution in [0.15, 0.2) is 47.6 Å². The van der Waals surface area contributed by atoms with Gasteiger partial charge in [-0.2, -0.15) is 0 Å². The molecule has 2 heterocycles. The number of nitrogens with two attached hydrogens (primary N) is 1. The van der Waals surface area contributed by atoms with Crippen LogP contribution in [-0.4, -0.2) is 52.2 Å². The van der Waals surface area contributed by atoms with Gasteiger partial charge in [0, 0.05) is 19.4 Å². The average Bonchev–Trinajstić information content (AvgIpc) is 3.30. The van der Waals surface area contributed by atoms with E-state index in [9.17, 15) is 9.18 Å². The molecule has 4 N–H and O–H groups in total. The molecule has 148 valence electrons. The van der Waals surface area contributed by atoms with Gasteiger partial charge in [0.25, 0.3) is 0 Å². The van der Waals surface area contributed by atoms with Gasteiger partial charge in [-0.05, 0) is 18.2 Å². The Bertz CT molecular complexity index is 886. The number of hydrogen-bond donors (Lipinski definition) is 3. The zero-order chi connectivity index (χ0) is 20.1. The van der Waals surface area contributed by atoms with Crippen LogP contribution in [-0.2, 0) is 11.3 Å². The molecule has 1 aromatic heterocycles. The fraction of sp³-hybridized carbons (Fsp3) is 0.250. The van der Waals surface area contributed by atoms with Crippen LogP contribution in [0.4, 0.5) is 20.6 Å². The van der Waals surface area contributed by atoms with Gasteiger partial charge in [0.2, 0.25) is 0 Å². The smallest absolute Gasteiger partial charge is 0.414 e. The van der Waals surface area contributed by atoms with Crippen molar-refractivity contribution < 1.29 is 19.1 Å². The summed E-state index contributed by atoms with van der Waals surface area (Å²) in [6, 6.07) is 4.30. The van der Waals surface area contributed by atoms with Crippen molar-refractivity contribution in [2.45, 2.75) is 12.6 Å². The van der Waals surface area contributed by atoms with Crippen molar-refractivity contribution in [2.75, 3.05) is 23.5 Å². The van der Waals surface area contributed by atoms with Crippen molar-refractivity contribution in [1.29, 1.82) is 0 Å². The molecule has 1 amide bonds. The van der Waals surface area contributed by atoms with Gasteiger partial charge >= 0.3 is 6.09 Å².